The minimum atomic E-state index is -0.798. The van der Waals surface area contributed by atoms with Crippen LogP contribution in [0.5, 0.6) is 0 Å². The molecular formula is C12H25N3O2. The van der Waals surface area contributed by atoms with Crippen LogP contribution in [0.15, 0.2) is 0 Å². The van der Waals surface area contributed by atoms with Crippen molar-refractivity contribution in [2.24, 2.45) is 5.73 Å². The highest BCUT2D eigenvalue weighted by Gasteiger charge is 2.01. The van der Waals surface area contributed by atoms with Gasteiger partial charge in [-0.2, -0.15) is 0 Å². The first kappa shape index (κ1) is 15.9. The lowest BCUT2D eigenvalue weighted by Gasteiger charge is -2.04. The average Bonchev–Trinajstić information content (AvgIpc) is 2.26. The van der Waals surface area contributed by atoms with Gasteiger partial charge in [-0.05, 0) is 13.0 Å². The van der Waals surface area contributed by atoms with Gasteiger partial charge in [0.25, 0.3) is 0 Å². The van der Waals surface area contributed by atoms with Gasteiger partial charge >= 0.3 is 6.03 Å². The van der Waals surface area contributed by atoms with E-state index < -0.39 is 6.03 Å². The zero-order valence-electron chi connectivity index (χ0n) is 10.8. The summed E-state index contributed by atoms with van der Waals surface area (Å²) in [6.45, 7) is 3.17. The van der Waals surface area contributed by atoms with Crippen LogP contribution in [0.3, 0.4) is 0 Å². The number of hydrogen-bond acceptors (Lipinski definition) is 3. The highest BCUT2D eigenvalue weighted by Crippen LogP contribution is 2.05. The molecule has 0 heterocycles. The molecule has 0 aromatic rings. The lowest BCUT2D eigenvalue weighted by atomic mass is 10.1. The summed E-state index contributed by atoms with van der Waals surface area (Å²) >= 11 is 0. The first-order chi connectivity index (χ1) is 8.16. The van der Waals surface area contributed by atoms with Crippen LogP contribution in [0.2, 0.25) is 0 Å². The van der Waals surface area contributed by atoms with E-state index in [0.717, 1.165) is 13.0 Å². The molecule has 0 aliphatic carbocycles. The van der Waals surface area contributed by atoms with E-state index in [4.69, 9.17) is 5.73 Å². The van der Waals surface area contributed by atoms with Gasteiger partial charge in [0.15, 0.2) is 0 Å². The predicted molar refractivity (Wildman–Crippen MR) is 68.6 cm³/mol. The molecule has 0 aliphatic heterocycles. The summed E-state index contributed by atoms with van der Waals surface area (Å²) in [7, 11) is 0. The average molecular weight is 243 g/mol. The number of amides is 3. The Bertz CT molecular complexity index is 220. The summed E-state index contributed by atoms with van der Waals surface area (Å²) in [6.07, 6.45) is 8.74. The second-order valence-corrected chi connectivity index (χ2v) is 4.21. The Labute approximate surface area is 104 Å². The Morgan fingerprint density at radius 1 is 1.00 bits per heavy atom. The number of primary amides is 1. The fourth-order valence-corrected chi connectivity index (χ4v) is 1.59. The van der Waals surface area contributed by atoms with Gasteiger partial charge in [-0.15, -0.1) is 0 Å². The standard InChI is InChI=1S/C12H25N3O2/c1-2-3-4-5-6-7-8-9-14-10-11(16)15-12(13)17/h14H,2-10H2,1H3,(H3,13,15,16,17). The third-order valence-electron chi connectivity index (χ3n) is 2.51. The Kier molecular flexibility index (Phi) is 10.7. The molecule has 0 radical (unpaired) electrons. The number of urea groups is 1. The molecule has 5 heteroatoms. The van der Waals surface area contributed by atoms with Crippen molar-refractivity contribution in [3.8, 4) is 0 Å². The van der Waals surface area contributed by atoms with E-state index in [1.165, 1.54) is 38.5 Å². The van der Waals surface area contributed by atoms with Crippen molar-refractivity contribution in [3.63, 3.8) is 0 Å². The third-order valence-corrected chi connectivity index (χ3v) is 2.51. The molecule has 0 unspecified atom stereocenters. The molecule has 0 aliphatic rings. The lowest BCUT2D eigenvalue weighted by Crippen LogP contribution is -2.40. The zero-order chi connectivity index (χ0) is 12.9. The molecule has 4 N–H and O–H groups in total. The van der Waals surface area contributed by atoms with Crippen LogP contribution in [0.4, 0.5) is 4.79 Å². The number of imide groups is 1. The van der Waals surface area contributed by atoms with Gasteiger partial charge in [0, 0.05) is 0 Å². The number of carbonyl (C=O) groups is 2. The van der Waals surface area contributed by atoms with E-state index in [1.54, 1.807) is 0 Å². The fourth-order valence-electron chi connectivity index (χ4n) is 1.59. The summed E-state index contributed by atoms with van der Waals surface area (Å²) in [4.78, 5) is 21.3. The minimum Gasteiger partial charge on any atom is -0.351 e. The fraction of sp³-hybridized carbons (Fsp3) is 0.833. The number of rotatable bonds is 10. The summed E-state index contributed by atoms with van der Waals surface area (Å²) in [5, 5.41) is 4.98. The Morgan fingerprint density at radius 2 is 1.59 bits per heavy atom. The van der Waals surface area contributed by atoms with E-state index >= 15 is 0 Å². The minimum absolute atomic E-state index is 0.152. The highest BCUT2D eigenvalue weighted by atomic mass is 16.2. The van der Waals surface area contributed by atoms with Gasteiger partial charge in [-0.1, -0.05) is 45.4 Å². The topological polar surface area (TPSA) is 84.2 Å². The van der Waals surface area contributed by atoms with Gasteiger partial charge in [-0.3, -0.25) is 10.1 Å². The molecule has 3 amide bonds. The van der Waals surface area contributed by atoms with Crippen LogP contribution in [0, 0.1) is 0 Å². The molecule has 17 heavy (non-hydrogen) atoms. The quantitative estimate of drug-likeness (QED) is 0.509. The molecule has 0 rings (SSSR count). The molecule has 0 spiro atoms. The first-order valence-electron chi connectivity index (χ1n) is 6.46. The van der Waals surface area contributed by atoms with Crippen LogP contribution >= 0.6 is 0 Å². The molecular weight excluding hydrogens is 218 g/mol. The van der Waals surface area contributed by atoms with Crippen molar-refractivity contribution >= 4 is 11.9 Å². The SMILES string of the molecule is CCCCCCCCCNCC(=O)NC(N)=O. The van der Waals surface area contributed by atoms with Crippen molar-refractivity contribution < 1.29 is 9.59 Å². The Hall–Kier alpha value is -1.10. The number of unbranched alkanes of at least 4 members (excludes halogenated alkanes) is 6. The maximum Gasteiger partial charge on any atom is 0.318 e. The molecule has 0 saturated carbocycles. The molecule has 0 saturated heterocycles. The molecule has 0 atom stereocenters. The first-order valence-corrected chi connectivity index (χ1v) is 6.46. The monoisotopic (exact) mass is 243 g/mol. The van der Waals surface area contributed by atoms with E-state index in [9.17, 15) is 9.59 Å². The summed E-state index contributed by atoms with van der Waals surface area (Å²) in [5.41, 5.74) is 4.80. The van der Waals surface area contributed by atoms with Gasteiger partial charge < -0.3 is 11.1 Å². The van der Waals surface area contributed by atoms with Gasteiger partial charge in [-0.25, -0.2) is 4.79 Å². The smallest absolute Gasteiger partial charge is 0.318 e. The van der Waals surface area contributed by atoms with Crippen LogP contribution in [0.1, 0.15) is 51.9 Å². The van der Waals surface area contributed by atoms with Crippen molar-refractivity contribution in [1.82, 2.24) is 10.6 Å². The highest BCUT2D eigenvalue weighted by molar-refractivity contribution is 5.94. The van der Waals surface area contributed by atoms with Crippen molar-refractivity contribution in [1.29, 1.82) is 0 Å². The van der Waals surface area contributed by atoms with Crippen LogP contribution in [-0.4, -0.2) is 25.0 Å². The van der Waals surface area contributed by atoms with Gasteiger partial charge in [0.05, 0.1) is 6.54 Å². The molecule has 100 valence electrons. The largest absolute Gasteiger partial charge is 0.351 e. The van der Waals surface area contributed by atoms with Crippen molar-refractivity contribution in [2.75, 3.05) is 13.1 Å². The molecule has 5 nitrogen and oxygen atoms in total. The summed E-state index contributed by atoms with van der Waals surface area (Å²) in [6, 6.07) is -0.798. The lowest BCUT2D eigenvalue weighted by molar-refractivity contribution is -0.119. The maximum absolute atomic E-state index is 11.0. The van der Waals surface area contributed by atoms with E-state index in [2.05, 4.69) is 12.2 Å². The normalized spacial score (nSPS) is 10.2. The van der Waals surface area contributed by atoms with Crippen molar-refractivity contribution in [2.45, 2.75) is 51.9 Å². The van der Waals surface area contributed by atoms with E-state index in [0.29, 0.717) is 0 Å². The summed E-state index contributed by atoms with van der Waals surface area (Å²) in [5.74, 6) is -0.375. The number of hydrogen-bond donors (Lipinski definition) is 3. The zero-order valence-corrected chi connectivity index (χ0v) is 10.8. The maximum atomic E-state index is 11.0. The summed E-state index contributed by atoms with van der Waals surface area (Å²) < 4.78 is 0. The van der Waals surface area contributed by atoms with E-state index in [-0.39, 0.29) is 12.5 Å². The van der Waals surface area contributed by atoms with Crippen LogP contribution in [-0.2, 0) is 4.79 Å². The second kappa shape index (κ2) is 11.4. The van der Waals surface area contributed by atoms with Crippen LogP contribution in [0.25, 0.3) is 0 Å². The Balaban J connectivity index is 3.13. The van der Waals surface area contributed by atoms with Crippen molar-refractivity contribution in [3.05, 3.63) is 0 Å². The number of nitrogens with two attached hydrogens (primary N) is 1. The van der Waals surface area contributed by atoms with E-state index in [1.807, 2.05) is 5.32 Å². The van der Waals surface area contributed by atoms with Gasteiger partial charge in [0.2, 0.25) is 5.91 Å². The Morgan fingerprint density at radius 3 is 2.18 bits per heavy atom. The molecule has 0 bridgehead atoms. The molecule has 0 fully saturated rings. The second-order valence-electron chi connectivity index (χ2n) is 4.21. The van der Waals surface area contributed by atoms with Crippen LogP contribution < -0.4 is 16.4 Å². The molecule has 0 aromatic carbocycles. The number of nitrogens with one attached hydrogen (secondary N) is 2. The number of carbonyl (C=O) groups excluding carboxylic acids is 2. The predicted octanol–water partition coefficient (Wildman–Crippen LogP) is 1.52. The van der Waals surface area contributed by atoms with Gasteiger partial charge in [0.1, 0.15) is 0 Å². The molecule has 0 aromatic heterocycles. The third kappa shape index (κ3) is 12.8.